The molecule has 0 aliphatic carbocycles. The zero-order chi connectivity index (χ0) is 21.6. The highest BCUT2D eigenvalue weighted by Crippen LogP contribution is 2.35. The van der Waals surface area contributed by atoms with Crippen molar-refractivity contribution in [3.63, 3.8) is 0 Å². The summed E-state index contributed by atoms with van der Waals surface area (Å²) < 4.78 is 23.1. The molecular weight excluding hydrogens is 332 g/mol. The zero-order valence-electron chi connectivity index (χ0n) is 17.0. The fraction of sp³-hybridized carbons (Fsp3) is 0.200. The lowest BCUT2D eigenvalue weighted by Crippen LogP contribution is -2.31. The minimum absolute atomic E-state index is 0.0406. The topological polar surface area (TPSA) is 104 Å². The van der Waals surface area contributed by atoms with Crippen LogP contribution in [0.1, 0.15) is 26.7 Å². The van der Waals surface area contributed by atoms with Crippen molar-refractivity contribution in [2.24, 2.45) is 0 Å². The Labute approximate surface area is 156 Å². The van der Waals surface area contributed by atoms with Crippen molar-refractivity contribution in [3.8, 4) is 0 Å². The number of benzene rings is 2. The number of nitrogens with two attached hydrogens (primary N) is 1. The fourth-order valence-electron chi connectivity index (χ4n) is 2.82. The summed E-state index contributed by atoms with van der Waals surface area (Å²) in [5, 5.41) is 15.6. The van der Waals surface area contributed by atoms with Crippen LogP contribution in [0.2, 0.25) is 0 Å². The minimum Gasteiger partial charge on any atom is -0.478 e. The highest BCUT2D eigenvalue weighted by molar-refractivity contribution is 5.89. The molecule has 136 valence electrons. The third kappa shape index (κ3) is 5.19. The van der Waals surface area contributed by atoms with Crippen molar-refractivity contribution in [2.75, 3.05) is 19.3 Å². The summed E-state index contributed by atoms with van der Waals surface area (Å²) in [6.45, 7) is -1.24. The highest BCUT2D eigenvalue weighted by atomic mass is 16.4. The molecule has 26 heavy (non-hydrogen) atoms. The van der Waals surface area contributed by atoms with Gasteiger partial charge in [-0.1, -0.05) is 42.5 Å². The Morgan fingerprint density at radius 3 is 2.35 bits per heavy atom. The van der Waals surface area contributed by atoms with Gasteiger partial charge in [0.2, 0.25) is 0 Å². The molecule has 2 aromatic rings. The first kappa shape index (κ1) is 15.2. The van der Waals surface area contributed by atoms with Gasteiger partial charge >= 0.3 is 11.9 Å². The van der Waals surface area contributed by atoms with Crippen LogP contribution in [0.15, 0.2) is 60.7 Å². The summed E-state index contributed by atoms with van der Waals surface area (Å²) >= 11 is 0. The quantitative estimate of drug-likeness (QED) is 0.576. The van der Waals surface area contributed by atoms with Crippen LogP contribution >= 0.6 is 0 Å². The van der Waals surface area contributed by atoms with Crippen LogP contribution in [-0.4, -0.2) is 40.6 Å². The molecule has 2 aromatic carbocycles. The number of carbonyl (C=O) groups is 2. The number of carboxylic acids is 2. The number of anilines is 1. The second-order valence-corrected chi connectivity index (χ2v) is 5.77. The van der Waals surface area contributed by atoms with Crippen molar-refractivity contribution in [2.45, 2.75) is 12.5 Å². The number of nitrogens with zero attached hydrogens (tertiary/aromatic N) is 1. The summed E-state index contributed by atoms with van der Waals surface area (Å²) in [5.74, 6) is -2.47. The largest absolute Gasteiger partial charge is 0.478 e. The number of hydrogen-bond donors (Lipinski definition) is 3. The van der Waals surface area contributed by atoms with E-state index in [-0.39, 0.29) is 5.92 Å². The summed E-state index contributed by atoms with van der Waals surface area (Å²) in [5.41, 5.74) is 9.95. The molecule has 1 aliphatic heterocycles. The first-order valence-corrected chi connectivity index (χ1v) is 7.90. The Morgan fingerprint density at radius 1 is 1.12 bits per heavy atom. The molecule has 6 heteroatoms. The summed E-state index contributed by atoms with van der Waals surface area (Å²) in [7, 11) is 0. The molecule has 1 atom stereocenters. The van der Waals surface area contributed by atoms with E-state index in [0.717, 1.165) is 16.7 Å². The fourth-order valence-corrected chi connectivity index (χ4v) is 2.82. The minimum atomic E-state index is -2.10. The molecule has 1 aliphatic rings. The van der Waals surface area contributed by atoms with Crippen molar-refractivity contribution >= 4 is 17.6 Å². The number of aliphatic carboxylic acids is 2. The monoisotopic (exact) mass is 357 g/mol. The van der Waals surface area contributed by atoms with Crippen LogP contribution in [0.5, 0.6) is 0 Å². The number of likely N-dealkylation sites (N-methyl/N-ethyl adjacent to an activating group) is 1. The lowest BCUT2D eigenvalue weighted by atomic mass is 9.84. The van der Waals surface area contributed by atoms with E-state index in [1.807, 2.05) is 42.5 Å². The SMILES string of the molecule is O=C(O)/C=C/C(=O)O.[2H]C([2H])([2H])N1Cc2c(N)cccc2C(c2ccccc2)C1. The Morgan fingerprint density at radius 2 is 1.77 bits per heavy atom. The predicted molar refractivity (Wildman–Crippen MR) is 99.9 cm³/mol. The summed E-state index contributed by atoms with van der Waals surface area (Å²) in [6, 6.07) is 15.8. The zero-order valence-corrected chi connectivity index (χ0v) is 14.0. The molecule has 1 heterocycles. The van der Waals surface area contributed by atoms with E-state index >= 15 is 0 Å². The molecule has 0 spiro atoms. The van der Waals surface area contributed by atoms with Gasteiger partial charge in [0.15, 0.2) is 0 Å². The molecule has 0 fully saturated rings. The van der Waals surface area contributed by atoms with Crippen LogP contribution in [0.25, 0.3) is 0 Å². The molecule has 6 nitrogen and oxygen atoms in total. The van der Waals surface area contributed by atoms with E-state index in [1.165, 1.54) is 4.90 Å². The van der Waals surface area contributed by atoms with E-state index in [2.05, 4.69) is 6.07 Å². The van der Waals surface area contributed by atoms with Gasteiger partial charge in [-0.25, -0.2) is 9.59 Å². The van der Waals surface area contributed by atoms with Crippen LogP contribution in [-0.2, 0) is 16.1 Å². The number of fused-ring (bicyclic) bond motifs is 1. The molecule has 0 bridgehead atoms. The molecule has 0 saturated heterocycles. The average Bonchev–Trinajstić information content (AvgIpc) is 2.66. The van der Waals surface area contributed by atoms with Gasteiger partial charge in [0, 0.05) is 41.0 Å². The van der Waals surface area contributed by atoms with Crippen molar-refractivity contribution in [1.82, 2.24) is 4.90 Å². The van der Waals surface area contributed by atoms with Crippen LogP contribution in [0.3, 0.4) is 0 Å². The average molecular weight is 357 g/mol. The molecular formula is C20H22N2O4. The third-order valence-electron chi connectivity index (χ3n) is 3.95. The van der Waals surface area contributed by atoms with Gasteiger partial charge in [0.1, 0.15) is 0 Å². The van der Waals surface area contributed by atoms with Gasteiger partial charge in [0.05, 0.1) is 0 Å². The maximum absolute atomic E-state index is 9.55. The smallest absolute Gasteiger partial charge is 0.328 e. The Kier molecular flexibility index (Phi) is 5.14. The van der Waals surface area contributed by atoms with Crippen LogP contribution in [0, 0.1) is 0 Å². The van der Waals surface area contributed by atoms with Gasteiger partial charge in [-0.2, -0.15) is 0 Å². The Bertz CT molecular complexity index is 882. The highest BCUT2D eigenvalue weighted by Gasteiger charge is 2.25. The maximum Gasteiger partial charge on any atom is 0.328 e. The van der Waals surface area contributed by atoms with E-state index in [4.69, 9.17) is 20.1 Å². The summed E-state index contributed by atoms with van der Waals surface area (Å²) in [4.78, 5) is 20.6. The van der Waals surface area contributed by atoms with E-state index in [9.17, 15) is 9.59 Å². The molecule has 0 aromatic heterocycles. The van der Waals surface area contributed by atoms with Gasteiger partial charge in [-0.05, 0) is 29.7 Å². The first-order valence-electron chi connectivity index (χ1n) is 9.40. The molecule has 1 unspecified atom stereocenters. The molecule has 0 amide bonds. The number of hydrogen-bond acceptors (Lipinski definition) is 4. The second kappa shape index (κ2) is 8.82. The van der Waals surface area contributed by atoms with Crippen molar-refractivity contribution in [1.29, 1.82) is 0 Å². The third-order valence-corrected chi connectivity index (χ3v) is 3.95. The number of nitrogen functional groups attached to an aromatic ring is 1. The van der Waals surface area contributed by atoms with Gasteiger partial charge in [-0.15, -0.1) is 0 Å². The lowest BCUT2D eigenvalue weighted by Gasteiger charge is -2.33. The second-order valence-electron chi connectivity index (χ2n) is 5.77. The Balaban J connectivity index is 0.000000321. The summed E-state index contributed by atoms with van der Waals surface area (Å²) in [6.07, 6.45) is 1.12. The van der Waals surface area contributed by atoms with Crippen LogP contribution in [0.4, 0.5) is 5.69 Å². The van der Waals surface area contributed by atoms with E-state index in [1.54, 1.807) is 0 Å². The molecule has 0 saturated carbocycles. The standard InChI is InChI=1S/C16H18N2.C4H4O4/c1-18-10-14(12-6-3-2-4-7-12)13-8-5-9-16(17)15(13)11-18;5-3(6)1-2-4(7)8/h2-9,14H,10-11,17H2,1H3;1-2H,(H,5,6)(H,7,8)/b;2-1+/i1D3;. The van der Waals surface area contributed by atoms with Crippen molar-refractivity contribution in [3.05, 3.63) is 77.4 Å². The molecule has 4 N–H and O–H groups in total. The first-order chi connectivity index (χ1) is 13.6. The van der Waals surface area contributed by atoms with Crippen molar-refractivity contribution < 1.29 is 23.9 Å². The van der Waals surface area contributed by atoms with Gasteiger partial charge < -0.3 is 20.8 Å². The van der Waals surface area contributed by atoms with Crippen LogP contribution < -0.4 is 5.73 Å². The van der Waals surface area contributed by atoms with E-state index < -0.39 is 18.9 Å². The van der Waals surface area contributed by atoms with Gasteiger partial charge in [0.25, 0.3) is 0 Å². The normalized spacial score (nSPS) is 18.6. The Hall–Kier alpha value is -3.12. The number of rotatable bonds is 3. The molecule has 0 radical (unpaired) electrons. The van der Waals surface area contributed by atoms with Gasteiger partial charge in [-0.3, -0.25) is 0 Å². The lowest BCUT2D eigenvalue weighted by molar-refractivity contribution is -0.134. The number of carboxylic acid groups (broad SMARTS) is 2. The predicted octanol–water partition coefficient (Wildman–Crippen LogP) is 2.56. The van der Waals surface area contributed by atoms with E-state index in [0.29, 0.717) is 30.9 Å². The molecule has 3 rings (SSSR count). The maximum atomic E-state index is 9.55.